The molecule has 28 heavy (non-hydrogen) atoms. The highest BCUT2D eigenvalue weighted by Gasteiger charge is 2.25. The van der Waals surface area contributed by atoms with Crippen LogP contribution in [0, 0.1) is 5.82 Å². The maximum atomic E-state index is 13.1. The smallest absolute Gasteiger partial charge is 0.287 e. The zero-order valence-electron chi connectivity index (χ0n) is 15.0. The topological polar surface area (TPSA) is 71.3 Å². The number of amides is 2. The molecule has 2 aromatic carbocycles. The van der Waals surface area contributed by atoms with E-state index in [0.717, 1.165) is 15.8 Å². The summed E-state index contributed by atoms with van der Waals surface area (Å²) in [6.07, 6.45) is 1.01. The van der Waals surface area contributed by atoms with Gasteiger partial charge in [-0.05, 0) is 36.8 Å². The number of hydrogen-bond acceptors (Lipinski definition) is 4. The van der Waals surface area contributed by atoms with Crippen molar-refractivity contribution in [1.29, 1.82) is 0 Å². The zero-order chi connectivity index (χ0) is 19.5. The maximum Gasteiger partial charge on any atom is 0.287 e. The molecule has 3 aromatic rings. The Morgan fingerprint density at radius 3 is 2.75 bits per heavy atom. The standard InChI is InChI=1S/C21H19FN2O3S/c22-13-5-8-15(9-6-13)28-12-17-16-3-1-2-4-18(16)27-20(17)21(26)24-14-7-10-19(25)23-11-14/h1-6,8-9,14H,7,10-12H2,(H,23,25)(H,24,26). The fourth-order valence-corrected chi connectivity index (χ4v) is 4.14. The maximum absolute atomic E-state index is 13.1. The molecule has 2 amide bonds. The molecule has 0 bridgehead atoms. The van der Waals surface area contributed by atoms with E-state index in [0.29, 0.717) is 30.7 Å². The predicted octanol–water partition coefficient (Wildman–Crippen LogP) is 3.87. The van der Waals surface area contributed by atoms with Gasteiger partial charge in [-0.2, -0.15) is 0 Å². The van der Waals surface area contributed by atoms with Gasteiger partial charge in [0.1, 0.15) is 11.4 Å². The van der Waals surface area contributed by atoms with Crippen LogP contribution in [0.2, 0.25) is 0 Å². The first-order chi connectivity index (χ1) is 13.6. The van der Waals surface area contributed by atoms with E-state index >= 15 is 0 Å². The largest absolute Gasteiger partial charge is 0.451 e. The van der Waals surface area contributed by atoms with Crippen LogP contribution in [0.5, 0.6) is 0 Å². The number of benzene rings is 2. The molecule has 144 valence electrons. The molecule has 2 heterocycles. The Kier molecular flexibility index (Phi) is 5.34. The molecular formula is C21H19FN2O3S. The Balaban J connectivity index is 1.56. The van der Waals surface area contributed by atoms with Crippen molar-refractivity contribution in [3.63, 3.8) is 0 Å². The molecule has 7 heteroatoms. The van der Waals surface area contributed by atoms with Gasteiger partial charge >= 0.3 is 0 Å². The average Bonchev–Trinajstić information content (AvgIpc) is 3.08. The number of halogens is 1. The van der Waals surface area contributed by atoms with Crippen LogP contribution in [0.25, 0.3) is 11.0 Å². The van der Waals surface area contributed by atoms with E-state index in [1.807, 2.05) is 24.3 Å². The van der Waals surface area contributed by atoms with Crippen LogP contribution >= 0.6 is 11.8 Å². The quantitative estimate of drug-likeness (QED) is 0.640. The fraction of sp³-hybridized carbons (Fsp3) is 0.238. The van der Waals surface area contributed by atoms with Gasteiger partial charge < -0.3 is 15.1 Å². The summed E-state index contributed by atoms with van der Waals surface area (Å²) in [7, 11) is 0. The van der Waals surface area contributed by atoms with Gasteiger partial charge in [0.15, 0.2) is 5.76 Å². The van der Waals surface area contributed by atoms with Crippen LogP contribution in [0.3, 0.4) is 0 Å². The van der Waals surface area contributed by atoms with Crippen LogP contribution in [-0.2, 0) is 10.5 Å². The van der Waals surface area contributed by atoms with Crippen molar-refractivity contribution < 1.29 is 18.4 Å². The van der Waals surface area contributed by atoms with Crippen LogP contribution in [0.15, 0.2) is 57.8 Å². The van der Waals surface area contributed by atoms with Gasteiger partial charge in [-0.3, -0.25) is 9.59 Å². The molecule has 2 N–H and O–H groups in total. The summed E-state index contributed by atoms with van der Waals surface area (Å²) in [6.45, 7) is 0.421. The Morgan fingerprint density at radius 2 is 2.00 bits per heavy atom. The molecule has 1 aromatic heterocycles. The zero-order valence-corrected chi connectivity index (χ0v) is 15.9. The van der Waals surface area contributed by atoms with Gasteiger partial charge in [-0.15, -0.1) is 11.8 Å². The second kappa shape index (κ2) is 8.06. The molecule has 0 radical (unpaired) electrons. The molecule has 1 fully saturated rings. The number of para-hydroxylation sites is 1. The monoisotopic (exact) mass is 398 g/mol. The molecule has 5 nitrogen and oxygen atoms in total. The minimum Gasteiger partial charge on any atom is -0.451 e. The summed E-state index contributed by atoms with van der Waals surface area (Å²) in [6, 6.07) is 13.7. The number of carbonyl (C=O) groups excluding carboxylic acids is 2. The second-order valence-electron chi connectivity index (χ2n) is 6.66. The van der Waals surface area contributed by atoms with Crippen molar-refractivity contribution >= 4 is 34.5 Å². The van der Waals surface area contributed by atoms with E-state index in [-0.39, 0.29) is 29.4 Å². The lowest BCUT2D eigenvalue weighted by Crippen LogP contribution is -2.47. The number of nitrogens with one attached hydrogen (secondary N) is 2. The van der Waals surface area contributed by atoms with Crippen LogP contribution < -0.4 is 10.6 Å². The number of rotatable bonds is 5. The molecule has 1 saturated heterocycles. The first-order valence-electron chi connectivity index (χ1n) is 9.06. The number of carbonyl (C=O) groups is 2. The third kappa shape index (κ3) is 4.04. The lowest BCUT2D eigenvalue weighted by Gasteiger charge is -2.23. The second-order valence-corrected chi connectivity index (χ2v) is 7.71. The lowest BCUT2D eigenvalue weighted by atomic mass is 10.1. The first kappa shape index (κ1) is 18.6. The summed E-state index contributed by atoms with van der Waals surface area (Å²) in [5, 5.41) is 6.61. The highest BCUT2D eigenvalue weighted by molar-refractivity contribution is 7.98. The number of piperidine rings is 1. The Morgan fingerprint density at radius 1 is 1.21 bits per heavy atom. The van der Waals surface area contributed by atoms with Crippen LogP contribution in [0.1, 0.15) is 29.0 Å². The minimum absolute atomic E-state index is 0.00521. The molecule has 0 spiro atoms. The molecule has 0 saturated carbocycles. The van der Waals surface area contributed by atoms with E-state index in [1.165, 1.54) is 23.9 Å². The summed E-state index contributed by atoms with van der Waals surface area (Å²) in [5.74, 6) is 0.246. The van der Waals surface area contributed by atoms with Gasteiger partial charge in [0.05, 0.1) is 0 Å². The molecule has 4 rings (SSSR count). The Labute approximate surface area is 165 Å². The normalized spacial score (nSPS) is 16.8. The minimum atomic E-state index is -0.285. The highest BCUT2D eigenvalue weighted by atomic mass is 32.2. The Bertz CT molecular complexity index is 1010. The number of thioether (sulfide) groups is 1. The lowest BCUT2D eigenvalue weighted by molar-refractivity contribution is -0.122. The van der Waals surface area contributed by atoms with E-state index in [1.54, 1.807) is 12.1 Å². The number of furan rings is 1. The van der Waals surface area contributed by atoms with E-state index in [9.17, 15) is 14.0 Å². The summed E-state index contributed by atoms with van der Waals surface area (Å²) < 4.78 is 19.0. The van der Waals surface area contributed by atoms with E-state index in [2.05, 4.69) is 10.6 Å². The van der Waals surface area contributed by atoms with Crippen molar-refractivity contribution in [2.75, 3.05) is 6.54 Å². The van der Waals surface area contributed by atoms with Crippen molar-refractivity contribution in [3.05, 3.63) is 65.7 Å². The van der Waals surface area contributed by atoms with Crippen LogP contribution in [-0.4, -0.2) is 24.4 Å². The third-order valence-electron chi connectivity index (χ3n) is 4.70. The third-order valence-corrected chi connectivity index (χ3v) is 5.74. The van der Waals surface area contributed by atoms with Gasteiger partial charge in [0.2, 0.25) is 5.91 Å². The van der Waals surface area contributed by atoms with Gasteiger partial charge in [0.25, 0.3) is 5.91 Å². The van der Waals surface area contributed by atoms with Crippen molar-refractivity contribution in [2.24, 2.45) is 0 Å². The molecule has 1 atom stereocenters. The molecular weight excluding hydrogens is 379 g/mol. The predicted molar refractivity (Wildman–Crippen MR) is 106 cm³/mol. The summed E-state index contributed by atoms with van der Waals surface area (Å²) in [5.41, 5.74) is 1.46. The molecule has 1 aliphatic heterocycles. The van der Waals surface area contributed by atoms with E-state index in [4.69, 9.17) is 4.42 Å². The van der Waals surface area contributed by atoms with Gasteiger partial charge in [0, 0.05) is 40.6 Å². The van der Waals surface area contributed by atoms with Crippen molar-refractivity contribution in [3.8, 4) is 0 Å². The van der Waals surface area contributed by atoms with Gasteiger partial charge in [-0.25, -0.2) is 4.39 Å². The van der Waals surface area contributed by atoms with Crippen molar-refractivity contribution in [2.45, 2.75) is 29.5 Å². The highest BCUT2D eigenvalue weighted by Crippen LogP contribution is 2.32. The molecule has 1 unspecified atom stereocenters. The Hall–Kier alpha value is -2.80. The fourth-order valence-electron chi connectivity index (χ4n) is 3.22. The summed E-state index contributed by atoms with van der Waals surface area (Å²) in [4.78, 5) is 25.1. The SMILES string of the molecule is O=C1CCC(NC(=O)c2oc3ccccc3c2CSc2ccc(F)cc2)CN1. The number of hydrogen-bond donors (Lipinski definition) is 2. The van der Waals surface area contributed by atoms with E-state index < -0.39 is 0 Å². The number of fused-ring (bicyclic) bond motifs is 1. The first-order valence-corrected chi connectivity index (χ1v) is 10.0. The van der Waals surface area contributed by atoms with Crippen molar-refractivity contribution in [1.82, 2.24) is 10.6 Å². The molecule has 0 aliphatic carbocycles. The summed E-state index contributed by atoms with van der Waals surface area (Å²) >= 11 is 1.52. The average molecular weight is 398 g/mol. The van der Waals surface area contributed by atoms with Crippen LogP contribution in [0.4, 0.5) is 4.39 Å². The van der Waals surface area contributed by atoms with Gasteiger partial charge in [-0.1, -0.05) is 18.2 Å². The molecule has 1 aliphatic rings.